The molecule has 0 aliphatic carbocycles. The molecule has 6 heteroatoms. The Hall–Kier alpha value is -1.59. The van der Waals surface area contributed by atoms with Crippen LogP contribution in [0.5, 0.6) is 0 Å². The first kappa shape index (κ1) is 46.4. The lowest BCUT2D eigenvalue weighted by atomic mass is 10.0. The van der Waals surface area contributed by atoms with Gasteiger partial charge >= 0.3 is 17.9 Å². The minimum Gasteiger partial charge on any atom is -0.462 e. The molecule has 0 rings (SSSR count). The SMILES string of the molecule is CCCCCCCCCCCCCC(=O)O[C@H](COC(=O)CCCCCCCCCC(C)C)COC(=O)CCCCCCCCC(C)C. The Bertz CT molecular complexity index is 734. The molecule has 0 amide bonds. The Morgan fingerprint density at radius 3 is 1.02 bits per heavy atom. The minimum absolute atomic E-state index is 0.0671. The van der Waals surface area contributed by atoms with Gasteiger partial charge in [-0.3, -0.25) is 14.4 Å². The Balaban J connectivity index is 4.36. The predicted octanol–water partition coefficient (Wildman–Crippen LogP) is 12.6. The second-order valence-electron chi connectivity index (χ2n) is 15.2. The summed E-state index contributed by atoms with van der Waals surface area (Å²) in [5.41, 5.74) is 0. The van der Waals surface area contributed by atoms with E-state index in [-0.39, 0.29) is 31.1 Å². The maximum atomic E-state index is 12.6. The first-order valence-electron chi connectivity index (χ1n) is 20.7. The second kappa shape index (κ2) is 35.2. The zero-order chi connectivity index (χ0) is 35.5. The Morgan fingerprint density at radius 1 is 0.396 bits per heavy atom. The summed E-state index contributed by atoms with van der Waals surface area (Å²) in [6, 6.07) is 0. The third kappa shape index (κ3) is 35.7. The van der Waals surface area contributed by atoms with Gasteiger partial charge in [0.2, 0.25) is 0 Å². The summed E-state index contributed by atoms with van der Waals surface area (Å²) in [6.07, 6.45) is 31.1. The summed E-state index contributed by atoms with van der Waals surface area (Å²) in [7, 11) is 0. The summed E-state index contributed by atoms with van der Waals surface area (Å²) < 4.78 is 16.6. The molecule has 0 spiro atoms. The summed E-state index contributed by atoms with van der Waals surface area (Å²) >= 11 is 0. The summed E-state index contributed by atoms with van der Waals surface area (Å²) in [4.78, 5) is 37.5. The highest BCUT2D eigenvalue weighted by molar-refractivity contribution is 5.71. The molecule has 0 saturated carbocycles. The van der Waals surface area contributed by atoms with Gasteiger partial charge in [0.05, 0.1) is 0 Å². The third-order valence-corrected chi connectivity index (χ3v) is 9.22. The van der Waals surface area contributed by atoms with E-state index in [1.54, 1.807) is 0 Å². The Morgan fingerprint density at radius 2 is 0.688 bits per heavy atom. The van der Waals surface area contributed by atoms with Gasteiger partial charge in [0.1, 0.15) is 13.2 Å². The monoisotopic (exact) mass is 681 g/mol. The molecular formula is C42H80O6. The lowest BCUT2D eigenvalue weighted by molar-refractivity contribution is -0.167. The van der Waals surface area contributed by atoms with E-state index in [2.05, 4.69) is 34.6 Å². The molecule has 0 N–H and O–H groups in total. The van der Waals surface area contributed by atoms with Crippen LogP contribution in [-0.2, 0) is 28.6 Å². The van der Waals surface area contributed by atoms with Crippen LogP contribution in [0.3, 0.4) is 0 Å². The van der Waals surface area contributed by atoms with E-state index >= 15 is 0 Å². The van der Waals surface area contributed by atoms with Crippen LogP contribution in [0, 0.1) is 11.8 Å². The van der Waals surface area contributed by atoms with Gasteiger partial charge in [-0.05, 0) is 31.1 Å². The Labute approximate surface area is 298 Å². The normalized spacial score (nSPS) is 12.1. The fourth-order valence-electron chi connectivity index (χ4n) is 6.05. The molecule has 48 heavy (non-hydrogen) atoms. The molecule has 0 fully saturated rings. The molecule has 0 saturated heterocycles. The lowest BCUT2D eigenvalue weighted by Crippen LogP contribution is -2.30. The van der Waals surface area contributed by atoms with Crippen molar-refractivity contribution < 1.29 is 28.6 Å². The zero-order valence-corrected chi connectivity index (χ0v) is 32.6. The van der Waals surface area contributed by atoms with Crippen molar-refractivity contribution in [2.24, 2.45) is 11.8 Å². The number of hydrogen-bond donors (Lipinski definition) is 0. The van der Waals surface area contributed by atoms with Gasteiger partial charge < -0.3 is 14.2 Å². The molecule has 1 atom stereocenters. The highest BCUT2D eigenvalue weighted by Gasteiger charge is 2.19. The van der Waals surface area contributed by atoms with Gasteiger partial charge in [0, 0.05) is 19.3 Å². The minimum atomic E-state index is -0.759. The number of carbonyl (C=O) groups excluding carboxylic acids is 3. The van der Waals surface area contributed by atoms with Crippen molar-refractivity contribution in [2.45, 2.75) is 227 Å². The van der Waals surface area contributed by atoms with E-state index in [0.717, 1.165) is 69.6 Å². The quantitative estimate of drug-likeness (QED) is 0.0372. The summed E-state index contributed by atoms with van der Waals surface area (Å²) in [6.45, 7) is 11.2. The molecule has 6 nitrogen and oxygen atoms in total. The van der Waals surface area contributed by atoms with Crippen LogP contribution < -0.4 is 0 Å². The number of carbonyl (C=O) groups is 3. The molecule has 0 radical (unpaired) electrons. The average Bonchev–Trinajstić information content (AvgIpc) is 3.05. The third-order valence-electron chi connectivity index (χ3n) is 9.22. The molecule has 0 bridgehead atoms. The maximum Gasteiger partial charge on any atom is 0.306 e. The topological polar surface area (TPSA) is 78.9 Å². The fraction of sp³-hybridized carbons (Fsp3) is 0.929. The largest absolute Gasteiger partial charge is 0.462 e. The van der Waals surface area contributed by atoms with Crippen LogP contribution in [0.4, 0.5) is 0 Å². The van der Waals surface area contributed by atoms with Crippen molar-refractivity contribution in [1.82, 2.24) is 0 Å². The number of rotatable bonds is 36. The molecule has 0 aliphatic rings. The van der Waals surface area contributed by atoms with Crippen molar-refractivity contribution in [3.05, 3.63) is 0 Å². The first-order valence-corrected chi connectivity index (χ1v) is 20.7. The van der Waals surface area contributed by atoms with Crippen LogP contribution >= 0.6 is 0 Å². The van der Waals surface area contributed by atoms with Crippen molar-refractivity contribution >= 4 is 17.9 Å². The highest BCUT2D eigenvalue weighted by Crippen LogP contribution is 2.15. The number of ether oxygens (including phenoxy) is 3. The zero-order valence-electron chi connectivity index (χ0n) is 32.6. The van der Waals surface area contributed by atoms with Crippen molar-refractivity contribution in [3.8, 4) is 0 Å². The number of esters is 3. The van der Waals surface area contributed by atoms with E-state index in [4.69, 9.17) is 14.2 Å². The standard InChI is InChI=1S/C42H80O6/c1-6-7-8-9-10-11-12-13-16-24-29-34-42(45)48-39(36-47-41(44)33-28-23-19-18-21-26-31-38(4)5)35-46-40(43)32-27-22-17-14-15-20-25-30-37(2)3/h37-39H,6-36H2,1-5H3/t39-/m1/s1. The average molecular weight is 681 g/mol. The Kier molecular flexibility index (Phi) is 34.1. The first-order chi connectivity index (χ1) is 23.2. The molecule has 284 valence electrons. The van der Waals surface area contributed by atoms with Crippen molar-refractivity contribution in [2.75, 3.05) is 13.2 Å². The fourth-order valence-corrected chi connectivity index (χ4v) is 6.05. The molecule has 0 unspecified atom stereocenters. The van der Waals surface area contributed by atoms with Gasteiger partial charge in [0.15, 0.2) is 6.10 Å². The van der Waals surface area contributed by atoms with Crippen LogP contribution in [0.2, 0.25) is 0 Å². The van der Waals surface area contributed by atoms with E-state index < -0.39 is 6.10 Å². The lowest BCUT2D eigenvalue weighted by Gasteiger charge is -2.18. The second-order valence-corrected chi connectivity index (χ2v) is 15.2. The van der Waals surface area contributed by atoms with Crippen molar-refractivity contribution in [1.29, 1.82) is 0 Å². The predicted molar refractivity (Wildman–Crippen MR) is 201 cm³/mol. The maximum absolute atomic E-state index is 12.6. The van der Waals surface area contributed by atoms with Crippen LogP contribution in [0.25, 0.3) is 0 Å². The molecule has 0 heterocycles. The van der Waals surface area contributed by atoms with Gasteiger partial charge in [-0.25, -0.2) is 0 Å². The van der Waals surface area contributed by atoms with E-state index in [9.17, 15) is 14.4 Å². The van der Waals surface area contributed by atoms with Gasteiger partial charge in [-0.1, -0.05) is 182 Å². The number of unbranched alkanes of at least 4 members (excludes halogenated alkanes) is 21. The highest BCUT2D eigenvalue weighted by atomic mass is 16.6. The molecule has 0 aromatic carbocycles. The summed E-state index contributed by atoms with van der Waals surface area (Å²) in [5.74, 6) is 0.674. The van der Waals surface area contributed by atoms with Crippen molar-refractivity contribution in [3.63, 3.8) is 0 Å². The summed E-state index contributed by atoms with van der Waals surface area (Å²) in [5, 5.41) is 0. The van der Waals surface area contributed by atoms with Gasteiger partial charge in [0.25, 0.3) is 0 Å². The molecule has 0 aliphatic heterocycles. The van der Waals surface area contributed by atoms with E-state index in [0.29, 0.717) is 19.3 Å². The molecule has 0 aromatic rings. The van der Waals surface area contributed by atoms with E-state index in [1.807, 2.05) is 0 Å². The number of hydrogen-bond acceptors (Lipinski definition) is 6. The molecule has 0 aromatic heterocycles. The van der Waals surface area contributed by atoms with Crippen LogP contribution in [0.1, 0.15) is 221 Å². The van der Waals surface area contributed by atoms with Crippen LogP contribution in [-0.4, -0.2) is 37.2 Å². The van der Waals surface area contributed by atoms with Gasteiger partial charge in [-0.2, -0.15) is 0 Å². The van der Waals surface area contributed by atoms with Crippen LogP contribution in [0.15, 0.2) is 0 Å². The van der Waals surface area contributed by atoms with E-state index in [1.165, 1.54) is 109 Å². The van der Waals surface area contributed by atoms with Gasteiger partial charge in [-0.15, -0.1) is 0 Å². The molecular weight excluding hydrogens is 600 g/mol. The smallest absolute Gasteiger partial charge is 0.306 e.